The van der Waals surface area contributed by atoms with Gasteiger partial charge < -0.3 is 4.74 Å². The highest BCUT2D eigenvalue weighted by Gasteiger charge is 2.41. The van der Waals surface area contributed by atoms with Crippen molar-refractivity contribution in [1.82, 2.24) is 4.98 Å². The van der Waals surface area contributed by atoms with E-state index < -0.39 is 11.2 Å². The molecule has 1 aromatic carbocycles. The Kier molecular flexibility index (Phi) is 6.50. The number of aromatic nitrogens is 1. The molecule has 4 rings (SSSR count). The zero-order valence-corrected chi connectivity index (χ0v) is 20.6. The molecule has 7 nitrogen and oxygen atoms in total. The summed E-state index contributed by atoms with van der Waals surface area (Å²) in [5, 5.41) is 9.60. The van der Waals surface area contributed by atoms with Gasteiger partial charge in [-0.15, -0.1) is 0 Å². The number of carbonyl (C=O) groups is 3. The average molecular weight is 478 g/mol. The molecule has 2 atom stereocenters. The minimum Gasteiger partial charge on any atom is -0.465 e. The van der Waals surface area contributed by atoms with Gasteiger partial charge in [0.25, 0.3) is 0 Å². The number of benzene rings is 1. The Bertz CT molecular complexity index is 1190. The van der Waals surface area contributed by atoms with Gasteiger partial charge in [-0.3, -0.25) is 9.59 Å². The van der Waals surface area contributed by atoms with Crippen LogP contribution in [-0.4, -0.2) is 35.1 Å². The van der Waals surface area contributed by atoms with Crippen molar-refractivity contribution in [2.45, 2.75) is 56.7 Å². The summed E-state index contributed by atoms with van der Waals surface area (Å²) in [6.45, 7) is 6.72. The number of fused-ring (bicyclic) bond motifs is 1. The van der Waals surface area contributed by atoms with Crippen molar-refractivity contribution in [3.63, 3.8) is 0 Å². The molecule has 0 N–H and O–H groups in total. The van der Waals surface area contributed by atoms with E-state index in [1.54, 1.807) is 12.1 Å². The zero-order chi connectivity index (χ0) is 24.6. The Labute approximate surface area is 203 Å². The highest BCUT2D eigenvalue weighted by Crippen LogP contribution is 2.40. The number of methoxy groups -OCH3 is 1. The Balaban J connectivity index is 1.54. The second-order valence-corrected chi connectivity index (χ2v) is 11.0. The second kappa shape index (κ2) is 9.22. The predicted octanol–water partition coefficient (Wildman–Crippen LogP) is 4.32. The Morgan fingerprint density at radius 1 is 1.21 bits per heavy atom. The van der Waals surface area contributed by atoms with E-state index in [1.165, 1.54) is 31.0 Å². The van der Waals surface area contributed by atoms with Crippen molar-refractivity contribution >= 4 is 35.2 Å². The van der Waals surface area contributed by atoms with Crippen molar-refractivity contribution < 1.29 is 19.1 Å². The van der Waals surface area contributed by atoms with E-state index in [0.717, 1.165) is 35.4 Å². The fourth-order valence-corrected chi connectivity index (χ4v) is 5.62. The standard InChI is InChI=1S/C26H27N3O4S/c1-26(2,3)18-7-10-20-16(12-18)11-17(14-27)23(28-20)34-21-13-22(30)29(24(21)31)19-8-5-15(6-9-19)25(32)33-4/h5-6,8-9,11,18,21H,7,10,12-13H2,1-4H3. The first-order valence-electron chi connectivity index (χ1n) is 11.3. The van der Waals surface area contributed by atoms with E-state index >= 15 is 0 Å². The summed E-state index contributed by atoms with van der Waals surface area (Å²) in [5.41, 5.74) is 3.45. The van der Waals surface area contributed by atoms with Gasteiger partial charge >= 0.3 is 5.97 Å². The van der Waals surface area contributed by atoms with Crippen LogP contribution < -0.4 is 4.90 Å². The van der Waals surface area contributed by atoms with Gasteiger partial charge in [0, 0.05) is 12.1 Å². The molecule has 0 saturated carbocycles. The number of aryl methyl sites for hydroxylation is 1. The molecule has 1 aromatic heterocycles. The number of anilines is 1. The topological polar surface area (TPSA) is 100 Å². The molecule has 2 aromatic rings. The number of esters is 1. The predicted molar refractivity (Wildman–Crippen MR) is 128 cm³/mol. The summed E-state index contributed by atoms with van der Waals surface area (Å²) in [4.78, 5) is 43.4. The van der Waals surface area contributed by atoms with Gasteiger partial charge in [0.1, 0.15) is 11.1 Å². The minimum absolute atomic E-state index is 0.0258. The van der Waals surface area contributed by atoms with Crippen LogP contribution in [0.4, 0.5) is 5.69 Å². The number of nitrogens with zero attached hydrogens (tertiary/aromatic N) is 3. The lowest BCUT2D eigenvalue weighted by molar-refractivity contribution is -0.121. The van der Waals surface area contributed by atoms with Gasteiger partial charge in [0.05, 0.1) is 29.2 Å². The van der Waals surface area contributed by atoms with Crippen molar-refractivity contribution in [1.29, 1.82) is 5.26 Å². The van der Waals surface area contributed by atoms with Gasteiger partial charge in [-0.05, 0) is 66.5 Å². The SMILES string of the molecule is COC(=O)c1ccc(N2C(=O)CC(Sc3nc4c(cc3C#N)CC(C(C)(C)C)CC4)C2=O)cc1. The first kappa shape index (κ1) is 24.0. The molecule has 1 saturated heterocycles. The summed E-state index contributed by atoms with van der Waals surface area (Å²) in [6, 6.07) is 10.3. The number of carbonyl (C=O) groups excluding carboxylic acids is 3. The highest BCUT2D eigenvalue weighted by molar-refractivity contribution is 8.00. The molecule has 2 unspecified atom stereocenters. The van der Waals surface area contributed by atoms with Crippen molar-refractivity contribution in [3.8, 4) is 6.07 Å². The number of thioether (sulfide) groups is 1. The molecule has 1 aliphatic carbocycles. The lowest BCUT2D eigenvalue weighted by Gasteiger charge is -2.34. The molecule has 8 heteroatoms. The van der Waals surface area contributed by atoms with Gasteiger partial charge in [-0.1, -0.05) is 32.5 Å². The molecule has 0 radical (unpaired) electrons. The zero-order valence-electron chi connectivity index (χ0n) is 19.8. The Hall–Kier alpha value is -3.18. The Morgan fingerprint density at radius 2 is 1.91 bits per heavy atom. The number of rotatable bonds is 4. The molecular weight excluding hydrogens is 450 g/mol. The number of ether oxygens (including phenoxy) is 1. The molecular formula is C26H27N3O4S. The number of nitriles is 1. The fraction of sp³-hybridized carbons (Fsp3) is 0.423. The van der Waals surface area contributed by atoms with Gasteiger partial charge in [0.15, 0.2) is 0 Å². The third-order valence-corrected chi connectivity index (χ3v) is 7.79. The van der Waals surface area contributed by atoms with Gasteiger partial charge in [0.2, 0.25) is 11.8 Å². The quantitative estimate of drug-likeness (QED) is 0.478. The van der Waals surface area contributed by atoms with Gasteiger partial charge in [-0.2, -0.15) is 5.26 Å². The molecule has 0 bridgehead atoms. The third-order valence-electron chi connectivity index (χ3n) is 6.60. The highest BCUT2D eigenvalue weighted by atomic mass is 32.2. The van der Waals surface area contributed by atoms with Crippen molar-refractivity contribution in [2.24, 2.45) is 11.3 Å². The molecule has 34 heavy (non-hydrogen) atoms. The average Bonchev–Trinajstić information content (AvgIpc) is 3.09. The summed E-state index contributed by atoms with van der Waals surface area (Å²) in [7, 11) is 1.29. The van der Waals surface area contributed by atoms with Crippen LogP contribution in [0.1, 0.15) is 60.8 Å². The second-order valence-electron chi connectivity index (χ2n) is 9.78. The van der Waals surface area contributed by atoms with E-state index in [0.29, 0.717) is 27.8 Å². The number of pyridine rings is 1. The lowest BCUT2D eigenvalue weighted by Crippen LogP contribution is -2.31. The Morgan fingerprint density at radius 3 is 2.53 bits per heavy atom. The summed E-state index contributed by atoms with van der Waals surface area (Å²) < 4.78 is 4.69. The number of amides is 2. The van der Waals surface area contributed by atoms with Crippen LogP contribution in [0.25, 0.3) is 0 Å². The van der Waals surface area contributed by atoms with Crippen LogP contribution in [0.5, 0.6) is 0 Å². The van der Waals surface area contributed by atoms with Crippen LogP contribution >= 0.6 is 11.8 Å². The molecule has 176 valence electrons. The van der Waals surface area contributed by atoms with Gasteiger partial charge in [-0.25, -0.2) is 14.7 Å². The maximum Gasteiger partial charge on any atom is 0.337 e. The molecule has 1 aliphatic heterocycles. The number of hydrogen-bond donors (Lipinski definition) is 0. The first-order valence-corrected chi connectivity index (χ1v) is 12.1. The molecule has 1 fully saturated rings. The van der Waals surface area contributed by atoms with E-state index in [2.05, 4.69) is 31.6 Å². The van der Waals surface area contributed by atoms with Crippen LogP contribution in [0.15, 0.2) is 35.4 Å². The lowest BCUT2D eigenvalue weighted by atomic mass is 9.71. The fourth-order valence-electron chi connectivity index (χ4n) is 4.52. The van der Waals surface area contributed by atoms with E-state index in [9.17, 15) is 19.6 Å². The van der Waals surface area contributed by atoms with E-state index in [1.807, 2.05) is 6.07 Å². The van der Waals surface area contributed by atoms with Crippen LogP contribution in [0.3, 0.4) is 0 Å². The van der Waals surface area contributed by atoms with Crippen LogP contribution in [0, 0.1) is 22.7 Å². The molecule has 0 spiro atoms. The number of imide groups is 1. The normalized spacial score (nSPS) is 20.1. The summed E-state index contributed by atoms with van der Waals surface area (Å²) in [6.07, 6.45) is 2.79. The maximum atomic E-state index is 13.1. The molecule has 2 aliphatic rings. The smallest absolute Gasteiger partial charge is 0.337 e. The van der Waals surface area contributed by atoms with E-state index in [4.69, 9.17) is 4.98 Å². The van der Waals surface area contributed by atoms with Crippen LogP contribution in [0.2, 0.25) is 0 Å². The van der Waals surface area contributed by atoms with Crippen LogP contribution in [-0.2, 0) is 27.2 Å². The van der Waals surface area contributed by atoms with Crippen molar-refractivity contribution in [2.75, 3.05) is 12.0 Å². The molecule has 2 amide bonds. The summed E-state index contributed by atoms with van der Waals surface area (Å²) >= 11 is 1.18. The first-order chi connectivity index (χ1) is 16.1. The number of hydrogen-bond acceptors (Lipinski definition) is 7. The largest absolute Gasteiger partial charge is 0.465 e. The maximum absolute atomic E-state index is 13.1. The van der Waals surface area contributed by atoms with Crippen molar-refractivity contribution in [3.05, 3.63) is 52.7 Å². The summed E-state index contributed by atoms with van der Waals surface area (Å²) in [5.74, 6) is -0.634. The minimum atomic E-state index is -0.656. The monoisotopic (exact) mass is 477 g/mol. The molecule has 2 heterocycles. The third kappa shape index (κ3) is 4.58. The van der Waals surface area contributed by atoms with E-state index in [-0.39, 0.29) is 23.7 Å².